The Morgan fingerprint density at radius 2 is 2.12 bits per heavy atom. The first kappa shape index (κ1) is 17.8. The van der Waals surface area contributed by atoms with Gasteiger partial charge >= 0.3 is 0 Å². The first-order chi connectivity index (χ1) is 12.0. The van der Waals surface area contributed by atoms with Crippen molar-refractivity contribution in [3.63, 3.8) is 0 Å². The van der Waals surface area contributed by atoms with Crippen LogP contribution in [0, 0.1) is 11.6 Å². The van der Waals surface area contributed by atoms with E-state index in [9.17, 15) is 13.6 Å². The van der Waals surface area contributed by atoms with Crippen LogP contribution in [0.15, 0.2) is 42.5 Å². The molecule has 0 bridgehead atoms. The number of benzene rings is 2. The molecular formula is C18H18ClF2N3O. The molecule has 1 fully saturated rings. The lowest BCUT2D eigenvalue weighted by Gasteiger charge is -2.36. The van der Waals surface area contributed by atoms with E-state index in [1.54, 1.807) is 6.07 Å². The van der Waals surface area contributed by atoms with Crippen LogP contribution in [0.1, 0.15) is 11.6 Å². The van der Waals surface area contributed by atoms with Gasteiger partial charge in [-0.3, -0.25) is 9.69 Å². The van der Waals surface area contributed by atoms with Gasteiger partial charge in [-0.2, -0.15) is 0 Å². The highest BCUT2D eigenvalue weighted by Crippen LogP contribution is 2.24. The first-order valence-electron chi connectivity index (χ1n) is 7.98. The normalized spacial score (nSPS) is 18.1. The third-order valence-electron chi connectivity index (χ3n) is 4.14. The SMILES string of the molecule is O=C(CN1CCNCC1c1cccc(Cl)c1)Nc1cc(F)ccc1F. The van der Waals surface area contributed by atoms with Crippen molar-refractivity contribution in [2.24, 2.45) is 0 Å². The van der Waals surface area contributed by atoms with Gasteiger partial charge in [0.1, 0.15) is 11.6 Å². The Kier molecular flexibility index (Phi) is 5.63. The number of nitrogens with one attached hydrogen (secondary N) is 2. The van der Waals surface area contributed by atoms with Crippen molar-refractivity contribution in [3.8, 4) is 0 Å². The summed E-state index contributed by atoms with van der Waals surface area (Å²) in [4.78, 5) is 14.3. The molecule has 0 radical (unpaired) electrons. The van der Waals surface area contributed by atoms with Gasteiger partial charge in [0, 0.05) is 36.8 Å². The Labute approximate surface area is 149 Å². The lowest BCUT2D eigenvalue weighted by Crippen LogP contribution is -2.48. The summed E-state index contributed by atoms with van der Waals surface area (Å²) < 4.78 is 26.9. The van der Waals surface area contributed by atoms with Crippen LogP contribution in [-0.4, -0.2) is 37.0 Å². The van der Waals surface area contributed by atoms with Crippen LogP contribution < -0.4 is 10.6 Å². The molecule has 2 aromatic rings. The van der Waals surface area contributed by atoms with Gasteiger partial charge < -0.3 is 10.6 Å². The lowest BCUT2D eigenvalue weighted by molar-refractivity contribution is -0.118. The molecule has 1 heterocycles. The summed E-state index contributed by atoms with van der Waals surface area (Å²) in [5.41, 5.74) is 0.851. The molecule has 0 saturated carbocycles. The van der Waals surface area contributed by atoms with Gasteiger partial charge in [0.15, 0.2) is 0 Å². The fourth-order valence-corrected chi connectivity index (χ4v) is 3.14. The number of nitrogens with zero attached hydrogens (tertiary/aromatic N) is 1. The molecule has 1 unspecified atom stereocenters. The van der Waals surface area contributed by atoms with Gasteiger partial charge in [0.2, 0.25) is 5.91 Å². The van der Waals surface area contributed by atoms with Crippen molar-refractivity contribution in [1.29, 1.82) is 0 Å². The first-order valence-corrected chi connectivity index (χ1v) is 8.36. The molecular weight excluding hydrogens is 348 g/mol. The molecule has 7 heteroatoms. The molecule has 2 N–H and O–H groups in total. The van der Waals surface area contributed by atoms with Crippen LogP contribution in [0.5, 0.6) is 0 Å². The molecule has 25 heavy (non-hydrogen) atoms. The highest BCUT2D eigenvalue weighted by Gasteiger charge is 2.26. The maximum absolute atomic E-state index is 13.7. The average molecular weight is 366 g/mol. The van der Waals surface area contributed by atoms with E-state index >= 15 is 0 Å². The van der Waals surface area contributed by atoms with Crippen LogP contribution >= 0.6 is 11.6 Å². The van der Waals surface area contributed by atoms with E-state index in [0.717, 1.165) is 30.3 Å². The average Bonchev–Trinajstić information content (AvgIpc) is 2.58. The van der Waals surface area contributed by atoms with Crippen LogP contribution in [-0.2, 0) is 4.79 Å². The molecule has 4 nitrogen and oxygen atoms in total. The van der Waals surface area contributed by atoms with Crippen LogP contribution in [0.3, 0.4) is 0 Å². The molecule has 3 rings (SSSR count). The second kappa shape index (κ2) is 7.91. The maximum Gasteiger partial charge on any atom is 0.238 e. The van der Waals surface area contributed by atoms with Crippen LogP contribution in [0.25, 0.3) is 0 Å². The van der Waals surface area contributed by atoms with Crippen molar-refractivity contribution in [1.82, 2.24) is 10.2 Å². The van der Waals surface area contributed by atoms with Crippen molar-refractivity contribution in [3.05, 3.63) is 64.7 Å². The summed E-state index contributed by atoms with van der Waals surface area (Å²) in [7, 11) is 0. The van der Waals surface area contributed by atoms with E-state index in [2.05, 4.69) is 10.6 Å². The molecule has 1 amide bonds. The van der Waals surface area contributed by atoms with E-state index in [4.69, 9.17) is 11.6 Å². The number of hydrogen-bond acceptors (Lipinski definition) is 3. The Morgan fingerprint density at radius 1 is 1.28 bits per heavy atom. The summed E-state index contributed by atoms with van der Waals surface area (Å²) in [5, 5.41) is 6.37. The minimum absolute atomic E-state index is 0.0180. The van der Waals surface area contributed by atoms with Gasteiger partial charge in [-0.25, -0.2) is 8.78 Å². The number of anilines is 1. The molecule has 1 saturated heterocycles. The second-order valence-electron chi connectivity index (χ2n) is 5.92. The van der Waals surface area contributed by atoms with E-state index in [1.807, 2.05) is 23.1 Å². The number of halogens is 3. The number of hydrogen-bond donors (Lipinski definition) is 2. The second-order valence-corrected chi connectivity index (χ2v) is 6.35. The molecule has 0 aliphatic carbocycles. The quantitative estimate of drug-likeness (QED) is 0.874. The fraction of sp³-hybridized carbons (Fsp3) is 0.278. The van der Waals surface area contributed by atoms with Crippen LogP contribution in [0.2, 0.25) is 5.02 Å². The summed E-state index contributed by atoms with van der Waals surface area (Å²) in [6.45, 7) is 2.17. The van der Waals surface area contributed by atoms with E-state index in [-0.39, 0.29) is 18.3 Å². The van der Waals surface area contributed by atoms with Gasteiger partial charge in [-0.05, 0) is 29.8 Å². The number of piperazine rings is 1. The molecule has 1 atom stereocenters. The van der Waals surface area contributed by atoms with E-state index in [1.165, 1.54) is 0 Å². The summed E-state index contributed by atoms with van der Waals surface area (Å²) in [6, 6.07) is 10.4. The predicted octanol–water partition coefficient (Wildman–Crippen LogP) is 3.20. The zero-order chi connectivity index (χ0) is 17.8. The van der Waals surface area contributed by atoms with Gasteiger partial charge in [-0.15, -0.1) is 0 Å². The third-order valence-corrected chi connectivity index (χ3v) is 4.37. The highest BCUT2D eigenvalue weighted by atomic mass is 35.5. The van der Waals surface area contributed by atoms with E-state index in [0.29, 0.717) is 18.1 Å². The molecule has 0 aromatic heterocycles. The van der Waals surface area contributed by atoms with Gasteiger partial charge in [0.05, 0.1) is 12.2 Å². The molecule has 0 spiro atoms. The standard InChI is InChI=1S/C18H18ClF2N3O/c19-13-3-1-2-12(8-13)17-10-22-6-7-24(17)11-18(25)23-16-9-14(20)4-5-15(16)21/h1-5,8-9,17,22H,6-7,10-11H2,(H,23,25). The predicted molar refractivity (Wildman–Crippen MR) is 93.6 cm³/mol. The summed E-state index contributed by atoms with van der Waals surface area (Å²) in [5.74, 6) is -1.66. The smallest absolute Gasteiger partial charge is 0.238 e. The van der Waals surface area contributed by atoms with Crippen molar-refractivity contribution in [2.75, 3.05) is 31.5 Å². The Balaban J connectivity index is 1.71. The molecule has 1 aliphatic rings. The highest BCUT2D eigenvalue weighted by molar-refractivity contribution is 6.30. The number of carbonyl (C=O) groups excluding carboxylic acids is 1. The summed E-state index contributed by atoms with van der Waals surface area (Å²) >= 11 is 6.06. The molecule has 1 aliphatic heterocycles. The fourth-order valence-electron chi connectivity index (χ4n) is 2.95. The monoisotopic (exact) mass is 365 g/mol. The van der Waals surface area contributed by atoms with Crippen LogP contribution in [0.4, 0.5) is 14.5 Å². The van der Waals surface area contributed by atoms with E-state index < -0.39 is 17.5 Å². The molecule has 2 aromatic carbocycles. The number of amides is 1. The van der Waals surface area contributed by atoms with Crippen molar-refractivity contribution < 1.29 is 13.6 Å². The minimum atomic E-state index is -0.665. The zero-order valence-corrected chi connectivity index (χ0v) is 14.2. The largest absolute Gasteiger partial charge is 0.322 e. The number of carbonyl (C=O) groups is 1. The minimum Gasteiger partial charge on any atom is -0.322 e. The Bertz CT molecular complexity index is 772. The third kappa shape index (κ3) is 4.54. The van der Waals surface area contributed by atoms with Crippen molar-refractivity contribution >= 4 is 23.2 Å². The molecule has 132 valence electrons. The summed E-state index contributed by atoms with van der Waals surface area (Å²) in [6.07, 6.45) is 0. The van der Waals surface area contributed by atoms with Gasteiger partial charge in [-0.1, -0.05) is 23.7 Å². The van der Waals surface area contributed by atoms with Gasteiger partial charge in [0.25, 0.3) is 0 Å². The zero-order valence-electron chi connectivity index (χ0n) is 13.4. The lowest BCUT2D eigenvalue weighted by atomic mass is 10.0. The Hall–Kier alpha value is -2.02. The Morgan fingerprint density at radius 3 is 2.92 bits per heavy atom. The van der Waals surface area contributed by atoms with Crippen molar-refractivity contribution in [2.45, 2.75) is 6.04 Å². The number of rotatable bonds is 4. The topological polar surface area (TPSA) is 44.4 Å². The maximum atomic E-state index is 13.7.